The van der Waals surface area contributed by atoms with E-state index in [1.54, 1.807) is 30.6 Å². The summed E-state index contributed by atoms with van der Waals surface area (Å²) in [5.41, 5.74) is 5.55. The molecule has 34 heavy (non-hydrogen) atoms. The van der Waals surface area contributed by atoms with Crippen molar-refractivity contribution in [1.29, 1.82) is 0 Å². The zero-order chi connectivity index (χ0) is 23.8. The average molecular weight is 519 g/mol. The van der Waals surface area contributed by atoms with Crippen LogP contribution in [0.25, 0.3) is 33.3 Å². The monoisotopic (exact) mass is 518 g/mol. The maximum atomic E-state index is 13.6. The Kier molecular flexibility index (Phi) is 5.85. The summed E-state index contributed by atoms with van der Waals surface area (Å²) in [5, 5.41) is 18.5. The van der Waals surface area contributed by atoms with E-state index in [0.29, 0.717) is 5.56 Å². The van der Waals surface area contributed by atoms with Crippen molar-refractivity contribution in [2.24, 2.45) is 0 Å². The number of aryl methyl sites for hydroxylation is 1. The molecule has 0 aliphatic carbocycles. The maximum Gasteiger partial charge on any atom is 0.251 e. The predicted molar refractivity (Wildman–Crippen MR) is 133 cm³/mol. The van der Waals surface area contributed by atoms with E-state index >= 15 is 0 Å². The molecule has 2 N–H and O–H groups in total. The highest BCUT2D eigenvalue weighted by Crippen LogP contribution is 2.30. The van der Waals surface area contributed by atoms with E-state index in [4.69, 9.17) is 0 Å². The number of aliphatic hydroxyl groups excluding tert-OH is 1. The number of aliphatic hydroxyl groups is 1. The third-order valence-corrected chi connectivity index (χ3v) is 6.46. The molecule has 3 heterocycles. The minimum atomic E-state index is -0.628. The van der Waals surface area contributed by atoms with Gasteiger partial charge in [0.1, 0.15) is 11.5 Å². The second-order valence-corrected chi connectivity index (χ2v) is 8.91. The molecule has 0 saturated carbocycles. The summed E-state index contributed by atoms with van der Waals surface area (Å²) in [4.78, 5) is 17.3. The van der Waals surface area contributed by atoms with Gasteiger partial charge in [0.15, 0.2) is 0 Å². The number of hydrogen-bond acceptors (Lipinski definition) is 4. The van der Waals surface area contributed by atoms with Crippen molar-refractivity contribution in [3.63, 3.8) is 0 Å². The van der Waals surface area contributed by atoms with Crippen LogP contribution in [0.1, 0.15) is 17.3 Å². The molecule has 0 fully saturated rings. The molecule has 0 saturated heterocycles. The Morgan fingerprint density at radius 2 is 1.88 bits per heavy atom. The molecule has 5 rings (SSSR count). The van der Waals surface area contributed by atoms with Gasteiger partial charge in [-0.15, -0.1) is 0 Å². The molecule has 3 aromatic heterocycles. The van der Waals surface area contributed by atoms with Crippen LogP contribution in [0.3, 0.4) is 0 Å². The molecule has 0 aliphatic rings. The van der Waals surface area contributed by atoms with Gasteiger partial charge in [0.05, 0.1) is 22.6 Å². The minimum Gasteiger partial charge on any atom is -0.394 e. The lowest BCUT2D eigenvalue weighted by Gasteiger charge is -2.19. The van der Waals surface area contributed by atoms with Crippen molar-refractivity contribution in [2.75, 3.05) is 6.61 Å². The molecule has 5 aromatic rings. The van der Waals surface area contributed by atoms with Gasteiger partial charge in [-0.1, -0.05) is 12.1 Å². The predicted octanol–water partition coefficient (Wildman–Crippen LogP) is 5.25. The number of rotatable bonds is 5. The lowest BCUT2D eigenvalue weighted by Crippen LogP contribution is -2.26. The summed E-state index contributed by atoms with van der Waals surface area (Å²) in [6.45, 7) is 1.63. The Labute approximate surface area is 202 Å². The normalized spacial score (nSPS) is 12.2. The topological polar surface area (TPSA) is 83.8 Å². The fourth-order valence-electron chi connectivity index (χ4n) is 4.11. The van der Waals surface area contributed by atoms with Gasteiger partial charge in [-0.05, 0) is 82.0 Å². The molecule has 0 spiro atoms. The van der Waals surface area contributed by atoms with Gasteiger partial charge in [0.2, 0.25) is 0 Å². The van der Waals surface area contributed by atoms with Crippen LogP contribution < -0.4 is 5.56 Å². The van der Waals surface area contributed by atoms with Gasteiger partial charge in [0.25, 0.3) is 5.56 Å². The summed E-state index contributed by atoms with van der Waals surface area (Å²) in [6.07, 6.45) is 3.41. The Morgan fingerprint density at radius 1 is 1.06 bits per heavy atom. The molecule has 0 radical (unpaired) electrons. The Morgan fingerprint density at radius 3 is 2.62 bits per heavy atom. The zero-order valence-corrected chi connectivity index (χ0v) is 19.8. The fraction of sp³-hybridized carbons (Fsp3) is 0.115. The molecular formula is C26H20BrFN4O2. The highest BCUT2D eigenvalue weighted by molar-refractivity contribution is 9.10. The van der Waals surface area contributed by atoms with Crippen molar-refractivity contribution in [2.45, 2.75) is 13.0 Å². The molecular weight excluding hydrogens is 499 g/mol. The first-order chi connectivity index (χ1) is 16.4. The van der Waals surface area contributed by atoms with E-state index in [-0.39, 0.29) is 16.6 Å². The highest BCUT2D eigenvalue weighted by Gasteiger charge is 2.17. The van der Waals surface area contributed by atoms with Crippen molar-refractivity contribution < 1.29 is 9.50 Å². The van der Waals surface area contributed by atoms with Crippen LogP contribution in [0.4, 0.5) is 4.39 Å². The van der Waals surface area contributed by atoms with Gasteiger partial charge >= 0.3 is 0 Å². The molecule has 6 nitrogen and oxygen atoms in total. The van der Waals surface area contributed by atoms with Gasteiger partial charge < -0.3 is 9.67 Å². The number of H-pyrrole nitrogens is 1. The second kappa shape index (κ2) is 8.96. The van der Waals surface area contributed by atoms with Crippen LogP contribution >= 0.6 is 15.9 Å². The summed E-state index contributed by atoms with van der Waals surface area (Å²) in [6, 6.07) is 17.0. The number of fused-ring (bicyclic) bond motifs is 1. The summed E-state index contributed by atoms with van der Waals surface area (Å²) < 4.78 is 15.4. The van der Waals surface area contributed by atoms with Gasteiger partial charge in [-0.25, -0.2) is 4.39 Å². The quantitative estimate of drug-likeness (QED) is 0.333. The van der Waals surface area contributed by atoms with E-state index in [9.17, 15) is 14.3 Å². The van der Waals surface area contributed by atoms with Crippen molar-refractivity contribution in [3.8, 4) is 22.4 Å². The molecule has 0 bridgehead atoms. The summed E-state index contributed by atoms with van der Waals surface area (Å²) in [7, 11) is 0. The highest BCUT2D eigenvalue weighted by atomic mass is 79.9. The summed E-state index contributed by atoms with van der Waals surface area (Å²) in [5.74, 6) is -0.404. The Bertz CT molecular complexity index is 1580. The van der Waals surface area contributed by atoms with Gasteiger partial charge in [-0.2, -0.15) is 5.10 Å². The van der Waals surface area contributed by atoms with E-state index in [0.717, 1.165) is 39.0 Å². The van der Waals surface area contributed by atoms with E-state index in [2.05, 4.69) is 31.1 Å². The first kappa shape index (κ1) is 22.2. The minimum absolute atomic E-state index is 0.269. The van der Waals surface area contributed by atoms with Gasteiger partial charge in [-0.3, -0.25) is 14.9 Å². The third kappa shape index (κ3) is 4.06. The van der Waals surface area contributed by atoms with Crippen molar-refractivity contribution in [1.82, 2.24) is 19.7 Å². The number of nitrogens with one attached hydrogen (secondary N) is 1. The average Bonchev–Trinajstić information content (AvgIpc) is 3.26. The largest absolute Gasteiger partial charge is 0.394 e. The number of halogens is 2. The number of hydrogen-bond donors (Lipinski definition) is 2. The number of pyridine rings is 2. The van der Waals surface area contributed by atoms with Crippen molar-refractivity contribution in [3.05, 3.63) is 105 Å². The van der Waals surface area contributed by atoms with Crippen LogP contribution in [0, 0.1) is 12.7 Å². The van der Waals surface area contributed by atoms with Crippen LogP contribution in [-0.2, 0) is 0 Å². The van der Waals surface area contributed by atoms with Gasteiger partial charge in [0, 0.05) is 35.1 Å². The molecule has 2 aromatic carbocycles. The van der Waals surface area contributed by atoms with E-state index in [1.807, 2.05) is 43.3 Å². The molecule has 8 heteroatoms. The molecule has 0 aliphatic heterocycles. The second-order valence-electron chi connectivity index (χ2n) is 8.05. The van der Waals surface area contributed by atoms with Crippen LogP contribution in [0.2, 0.25) is 0 Å². The first-order valence-corrected chi connectivity index (χ1v) is 11.4. The van der Waals surface area contributed by atoms with E-state index < -0.39 is 11.9 Å². The number of benzene rings is 2. The number of aromatic amines is 1. The maximum absolute atomic E-state index is 13.6. The molecule has 1 unspecified atom stereocenters. The van der Waals surface area contributed by atoms with Crippen molar-refractivity contribution >= 4 is 26.8 Å². The standard InChI is InChI=1S/C26H20BrFN4O2/c1-15-10-19(6-8-29-15)26-20-11-16(3-5-23(20)30-31-26)17-7-9-32(25(34)13-17)24(14-33)18-2-4-22(28)21(27)12-18/h2-13,24,33H,14H2,1H3,(H,30,31). The lowest BCUT2D eigenvalue weighted by molar-refractivity contribution is 0.247. The number of nitrogens with zero attached hydrogens (tertiary/aromatic N) is 3. The fourth-order valence-corrected chi connectivity index (χ4v) is 4.50. The smallest absolute Gasteiger partial charge is 0.251 e. The van der Waals surface area contributed by atoms with Crippen LogP contribution in [-0.4, -0.2) is 31.5 Å². The number of aromatic nitrogens is 4. The SMILES string of the molecule is Cc1cc(-c2n[nH]c3ccc(-c4ccn(C(CO)c5ccc(F)c(Br)c5)c(=O)c4)cc23)ccn1. The van der Waals surface area contributed by atoms with E-state index in [1.165, 1.54) is 10.6 Å². The third-order valence-electron chi connectivity index (χ3n) is 5.85. The first-order valence-electron chi connectivity index (χ1n) is 10.6. The molecule has 0 amide bonds. The molecule has 170 valence electrons. The Balaban J connectivity index is 1.54. The van der Waals surface area contributed by atoms with Crippen LogP contribution in [0.5, 0.6) is 0 Å². The summed E-state index contributed by atoms with van der Waals surface area (Å²) >= 11 is 3.16. The zero-order valence-electron chi connectivity index (χ0n) is 18.2. The lowest BCUT2D eigenvalue weighted by atomic mass is 10.0. The van der Waals surface area contributed by atoms with Crippen LogP contribution in [0.15, 0.2) is 82.3 Å². The molecule has 1 atom stereocenters. The Hall–Kier alpha value is -3.62.